The van der Waals surface area contributed by atoms with E-state index in [1.54, 1.807) is 4.52 Å². The first-order valence-corrected chi connectivity index (χ1v) is 9.25. The summed E-state index contributed by atoms with van der Waals surface area (Å²) in [5, 5.41) is 4.18. The lowest BCUT2D eigenvalue weighted by Crippen LogP contribution is -2.33. The molecule has 1 amide bonds. The smallest absolute Gasteiger partial charge is 0.254 e. The number of rotatable bonds is 4. The number of nitrogens with zero attached hydrogens (tertiary/aromatic N) is 5. The van der Waals surface area contributed by atoms with Crippen LogP contribution in [-0.2, 0) is 11.2 Å². The molecule has 1 saturated heterocycles. The van der Waals surface area contributed by atoms with Crippen LogP contribution in [0, 0.1) is 19.8 Å². The van der Waals surface area contributed by atoms with E-state index in [0.29, 0.717) is 12.2 Å². The monoisotopic (exact) mass is 344 g/mol. The molecule has 0 bridgehead atoms. The molecule has 2 aromatic heterocycles. The molecule has 0 aliphatic carbocycles. The van der Waals surface area contributed by atoms with Crippen LogP contribution in [0.1, 0.15) is 56.0 Å². The summed E-state index contributed by atoms with van der Waals surface area (Å²) >= 11 is 0. The van der Waals surface area contributed by atoms with Crippen LogP contribution < -0.4 is 5.73 Å². The lowest BCUT2D eigenvalue weighted by molar-refractivity contribution is -0.130. The van der Waals surface area contributed by atoms with Crippen molar-refractivity contribution in [1.82, 2.24) is 24.5 Å². The fraction of sp³-hybridized carbons (Fsp3) is 0.667. The Kier molecular flexibility index (Phi) is 5.20. The highest BCUT2D eigenvalue weighted by molar-refractivity contribution is 5.79. The van der Waals surface area contributed by atoms with Gasteiger partial charge in [0.2, 0.25) is 11.9 Å². The Morgan fingerprint density at radius 1 is 1.24 bits per heavy atom. The maximum Gasteiger partial charge on any atom is 0.254 e. The van der Waals surface area contributed by atoms with E-state index in [1.165, 1.54) is 19.3 Å². The van der Waals surface area contributed by atoms with Crippen LogP contribution >= 0.6 is 0 Å². The van der Waals surface area contributed by atoms with Gasteiger partial charge in [0.25, 0.3) is 5.78 Å². The number of aryl methyl sites for hydroxylation is 2. The van der Waals surface area contributed by atoms with Crippen LogP contribution in [-0.4, -0.2) is 43.5 Å². The van der Waals surface area contributed by atoms with Crippen molar-refractivity contribution in [2.24, 2.45) is 5.92 Å². The number of amides is 1. The molecule has 3 heterocycles. The Morgan fingerprint density at radius 3 is 2.80 bits per heavy atom. The van der Waals surface area contributed by atoms with Gasteiger partial charge in [-0.2, -0.15) is 9.50 Å². The molecule has 25 heavy (non-hydrogen) atoms. The molecule has 1 fully saturated rings. The number of hydrogen-bond donors (Lipinski definition) is 1. The molecule has 136 valence electrons. The molecule has 2 aromatic rings. The van der Waals surface area contributed by atoms with Gasteiger partial charge in [-0.15, -0.1) is 5.10 Å². The van der Waals surface area contributed by atoms with Gasteiger partial charge >= 0.3 is 0 Å². The third-order valence-electron chi connectivity index (χ3n) is 5.29. The Labute approximate surface area is 148 Å². The lowest BCUT2D eigenvalue weighted by atomic mass is 9.96. The molecule has 2 N–H and O–H groups in total. The summed E-state index contributed by atoms with van der Waals surface area (Å²) in [4.78, 5) is 23.4. The number of hydrogen-bond acceptors (Lipinski definition) is 5. The van der Waals surface area contributed by atoms with Crippen LogP contribution in [0.25, 0.3) is 5.78 Å². The minimum atomic E-state index is 0.178. The van der Waals surface area contributed by atoms with Crippen LogP contribution in [0.3, 0.4) is 0 Å². The van der Waals surface area contributed by atoms with Crippen molar-refractivity contribution >= 4 is 17.6 Å². The third-order valence-corrected chi connectivity index (χ3v) is 5.29. The summed E-state index contributed by atoms with van der Waals surface area (Å²) in [6.45, 7) is 7.83. The standard InChI is InChI=1S/C18H28N6O/c1-4-6-14-7-5-9-23(10-8-14)16(25)11-15-12(2)20-18-21-17(19)22-24(18)13(15)3/h14H,4-11H2,1-3H3,(H2,19,22)/t14-/m0/s1. The fourth-order valence-corrected chi connectivity index (χ4v) is 3.85. The van der Waals surface area contributed by atoms with E-state index in [0.717, 1.165) is 48.8 Å². The van der Waals surface area contributed by atoms with E-state index in [2.05, 4.69) is 22.0 Å². The highest BCUT2D eigenvalue weighted by Crippen LogP contribution is 2.23. The first-order chi connectivity index (χ1) is 12.0. The van der Waals surface area contributed by atoms with Crippen molar-refractivity contribution < 1.29 is 4.79 Å². The van der Waals surface area contributed by atoms with Gasteiger partial charge in [-0.05, 0) is 39.0 Å². The number of carbonyl (C=O) groups is 1. The van der Waals surface area contributed by atoms with Crippen LogP contribution in [0.2, 0.25) is 0 Å². The molecule has 1 aliphatic heterocycles. The zero-order valence-electron chi connectivity index (χ0n) is 15.5. The van der Waals surface area contributed by atoms with E-state index < -0.39 is 0 Å². The molecular formula is C18H28N6O. The number of carbonyl (C=O) groups excluding carboxylic acids is 1. The zero-order valence-corrected chi connectivity index (χ0v) is 15.5. The molecule has 0 radical (unpaired) electrons. The number of nitrogen functional groups attached to an aromatic ring is 1. The lowest BCUT2D eigenvalue weighted by Gasteiger charge is -2.21. The predicted octanol–water partition coefficient (Wildman–Crippen LogP) is 2.29. The van der Waals surface area contributed by atoms with Gasteiger partial charge in [0.1, 0.15) is 0 Å². The average molecular weight is 344 g/mol. The zero-order chi connectivity index (χ0) is 18.0. The van der Waals surface area contributed by atoms with Gasteiger partial charge in [0.15, 0.2) is 0 Å². The molecule has 0 aromatic carbocycles. The van der Waals surface area contributed by atoms with Crippen molar-refractivity contribution in [3.63, 3.8) is 0 Å². The van der Waals surface area contributed by atoms with E-state index >= 15 is 0 Å². The molecule has 1 aliphatic rings. The molecule has 7 nitrogen and oxygen atoms in total. The van der Waals surface area contributed by atoms with Crippen LogP contribution in [0.5, 0.6) is 0 Å². The Bertz CT molecular complexity index is 769. The second kappa shape index (κ2) is 7.37. The van der Waals surface area contributed by atoms with E-state index in [1.807, 2.05) is 18.7 Å². The largest absolute Gasteiger partial charge is 0.366 e. The molecule has 7 heteroatoms. The van der Waals surface area contributed by atoms with Crippen molar-refractivity contribution in [3.05, 3.63) is 17.0 Å². The van der Waals surface area contributed by atoms with Gasteiger partial charge in [-0.1, -0.05) is 19.8 Å². The molecular weight excluding hydrogens is 316 g/mol. The molecule has 0 saturated carbocycles. The predicted molar refractivity (Wildman–Crippen MR) is 97.2 cm³/mol. The Morgan fingerprint density at radius 2 is 2.04 bits per heavy atom. The first kappa shape index (κ1) is 17.6. The van der Waals surface area contributed by atoms with Gasteiger partial charge in [0.05, 0.1) is 6.42 Å². The summed E-state index contributed by atoms with van der Waals surface area (Å²) in [7, 11) is 0. The number of likely N-dealkylation sites (tertiary alicyclic amines) is 1. The van der Waals surface area contributed by atoms with Crippen molar-refractivity contribution in [2.75, 3.05) is 18.8 Å². The Balaban J connectivity index is 1.75. The molecule has 0 unspecified atom stereocenters. The maximum atomic E-state index is 12.9. The summed E-state index contributed by atoms with van der Waals surface area (Å²) in [5.41, 5.74) is 8.31. The number of anilines is 1. The minimum Gasteiger partial charge on any atom is -0.366 e. The summed E-state index contributed by atoms with van der Waals surface area (Å²) in [6, 6.07) is 0. The second-order valence-corrected chi connectivity index (χ2v) is 7.09. The quantitative estimate of drug-likeness (QED) is 0.919. The SMILES string of the molecule is CCC[C@H]1CCCN(C(=O)Cc2c(C)nc3nc(N)nn3c2C)CC1. The topological polar surface area (TPSA) is 89.4 Å². The number of nitrogens with two attached hydrogens (primary N) is 1. The normalized spacial score (nSPS) is 18.5. The number of fused-ring (bicyclic) bond motifs is 1. The second-order valence-electron chi connectivity index (χ2n) is 7.09. The first-order valence-electron chi connectivity index (χ1n) is 9.25. The van der Waals surface area contributed by atoms with Crippen molar-refractivity contribution in [1.29, 1.82) is 0 Å². The molecule has 0 spiro atoms. The van der Waals surface area contributed by atoms with Gasteiger partial charge < -0.3 is 10.6 Å². The van der Waals surface area contributed by atoms with Gasteiger partial charge in [-0.25, -0.2) is 4.98 Å². The minimum absolute atomic E-state index is 0.178. The van der Waals surface area contributed by atoms with E-state index in [9.17, 15) is 4.79 Å². The summed E-state index contributed by atoms with van der Waals surface area (Å²) in [6.07, 6.45) is 6.32. The van der Waals surface area contributed by atoms with E-state index in [-0.39, 0.29) is 11.9 Å². The van der Waals surface area contributed by atoms with Gasteiger partial charge in [0, 0.05) is 30.0 Å². The maximum absolute atomic E-state index is 12.9. The fourth-order valence-electron chi connectivity index (χ4n) is 3.85. The highest BCUT2D eigenvalue weighted by Gasteiger charge is 2.22. The highest BCUT2D eigenvalue weighted by atomic mass is 16.2. The van der Waals surface area contributed by atoms with E-state index in [4.69, 9.17) is 5.73 Å². The summed E-state index contributed by atoms with van der Waals surface area (Å²) < 4.78 is 1.63. The average Bonchev–Trinajstić information content (AvgIpc) is 2.79. The van der Waals surface area contributed by atoms with Crippen LogP contribution in [0.15, 0.2) is 0 Å². The number of aromatic nitrogens is 4. The van der Waals surface area contributed by atoms with Crippen molar-refractivity contribution in [2.45, 2.75) is 59.3 Å². The Hall–Kier alpha value is -2.18. The van der Waals surface area contributed by atoms with Gasteiger partial charge in [-0.3, -0.25) is 4.79 Å². The summed E-state index contributed by atoms with van der Waals surface area (Å²) in [5.74, 6) is 1.63. The van der Waals surface area contributed by atoms with Crippen LogP contribution in [0.4, 0.5) is 5.95 Å². The van der Waals surface area contributed by atoms with Crippen molar-refractivity contribution in [3.8, 4) is 0 Å². The third kappa shape index (κ3) is 3.75. The molecule has 3 rings (SSSR count). The molecule has 1 atom stereocenters.